The number of aromatic nitrogens is 2. The van der Waals surface area contributed by atoms with Gasteiger partial charge in [-0.2, -0.15) is 5.10 Å². The molecule has 2 heterocycles. The average molecular weight is 235 g/mol. The smallest absolute Gasteiger partial charge is 0.266 e. The second kappa shape index (κ2) is 4.59. The molecular weight excluding hydrogens is 222 g/mol. The second-order valence-corrected chi connectivity index (χ2v) is 4.38. The summed E-state index contributed by atoms with van der Waals surface area (Å²) in [6.45, 7) is 2.44. The van der Waals surface area contributed by atoms with Gasteiger partial charge in [-0.3, -0.25) is 4.79 Å². The summed E-state index contributed by atoms with van der Waals surface area (Å²) in [6.07, 6.45) is 0. The Morgan fingerprint density at radius 2 is 2.31 bits per heavy atom. The summed E-state index contributed by atoms with van der Waals surface area (Å²) in [5, 5.41) is 6.21. The van der Waals surface area contributed by atoms with Crippen LogP contribution in [0.15, 0.2) is 34.4 Å². The van der Waals surface area contributed by atoms with Crippen LogP contribution in [0.1, 0.15) is 23.5 Å². The maximum absolute atomic E-state index is 11.4. The van der Waals surface area contributed by atoms with Crippen LogP contribution in [0.25, 0.3) is 0 Å². The monoisotopic (exact) mass is 235 g/mol. The lowest BCUT2D eigenvalue weighted by Gasteiger charge is -2.10. The van der Waals surface area contributed by atoms with Crippen LogP contribution < -0.4 is 11.3 Å². The molecule has 4 nitrogen and oxygen atoms in total. The number of nitrogens with two attached hydrogens (primary N) is 1. The van der Waals surface area contributed by atoms with Gasteiger partial charge in [0.05, 0.1) is 11.7 Å². The van der Waals surface area contributed by atoms with E-state index in [-0.39, 0.29) is 11.6 Å². The van der Waals surface area contributed by atoms with Crippen molar-refractivity contribution in [3.05, 3.63) is 50.6 Å². The summed E-state index contributed by atoms with van der Waals surface area (Å²) in [4.78, 5) is 12.4. The van der Waals surface area contributed by atoms with E-state index in [1.165, 1.54) is 10.7 Å². The Balaban J connectivity index is 2.38. The molecule has 0 aliphatic carbocycles. The fourth-order valence-electron chi connectivity index (χ4n) is 1.47. The fourth-order valence-corrected chi connectivity index (χ4v) is 2.21. The van der Waals surface area contributed by atoms with E-state index in [9.17, 15) is 4.79 Å². The zero-order valence-corrected chi connectivity index (χ0v) is 9.78. The van der Waals surface area contributed by atoms with Crippen molar-refractivity contribution in [2.75, 3.05) is 0 Å². The number of hydrogen-bond acceptors (Lipinski definition) is 4. The maximum Gasteiger partial charge on any atom is 0.266 e. The highest BCUT2D eigenvalue weighted by molar-refractivity contribution is 7.10. The molecule has 2 rings (SSSR count). The molecule has 0 bridgehead atoms. The topological polar surface area (TPSA) is 60.9 Å². The zero-order chi connectivity index (χ0) is 11.5. The van der Waals surface area contributed by atoms with Gasteiger partial charge in [-0.25, -0.2) is 4.68 Å². The van der Waals surface area contributed by atoms with Gasteiger partial charge in [0.15, 0.2) is 0 Å². The predicted molar refractivity (Wildman–Crippen MR) is 64.5 cm³/mol. The maximum atomic E-state index is 11.4. The van der Waals surface area contributed by atoms with Crippen LogP contribution in [0.2, 0.25) is 0 Å². The molecule has 0 amide bonds. The van der Waals surface area contributed by atoms with Crippen molar-refractivity contribution in [2.24, 2.45) is 5.73 Å². The van der Waals surface area contributed by atoms with Crippen LogP contribution in [-0.2, 0) is 6.54 Å². The standard InChI is InChI=1S/C11H13N3OS/c1-2-14-10(15)6-5-8(13-14)11(12)9-4-3-7-16-9/h3-7,11H,2,12H2,1H3. The molecule has 84 valence electrons. The normalized spacial score (nSPS) is 12.6. The van der Waals surface area contributed by atoms with Gasteiger partial charge in [0.2, 0.25) is 0 Å². The number of hydrogen-bond donors (Lipinski definition) is 1. The molecule has 0 saturated carbocycles. The van der Waals surface area contributed by atoms with Crippen LogP contribution >= 0.6 is 11.3 Å². The number of rotatable bonds is 3. The van der Waals surface area contributed by atoms with E-state index in [1.54, 1.807) is 17.4 Å². The fraction of sp³-hybridized carbons (Fsp3) is 0.273. The molecule has 2 N–H and O–H groups in total. The van der Waals surface area contributed by atoms with E-state index in [0.717, 1.165) is 10.6 Å². The summed E-state index contributed by atoms with van der Waals surface area (Å²) in [7, 11) is 0. The lowest BCUT2D eigenvalue weighted by molar-refractivity contribution is 0.588. The zero-order valence-electron chi connectivity index (χ0n) is 8.96. The molecule has 5 heteroatoms. The van der Waals surface area contributed by atoms with Crippen LogP contribution in [0.3, 0.4) is 0 Å². The van der Waals surface area contributed by atoms with Crippen LogP contribution in [0.5, 0.6) is 0 Å². The van der Waals surface area contributed by atoms with E-state index in [0.29, 0.717) is 6.54 Å². The SMILES string of the molecule is CCn1nc(C(N)c2cccs2)ccc1=O. The van der Waals surface area contributed by atoms with Crippen molar-refractivity contribution in [3.8, 4) is 0 Å². The largest absolute Gasteiger partial charge is 0.318 e. The Morgan fingerprint density at radius 3 is 2.94 bits per heavy atom. The van der Waals surface area contributed by atoms with Crippen molar-refractivity contribution in [1.82, 2.24) is 9.78 Å². The summed E-state index contributed by atoms with van der Waals surface area (Å²) in [5.41, 5.74) is 6.70. The molecule has 0 radical (unpaired) electrons. The van der Waals surface area contributed by atoms with Gasteiger partial charge in [0.25, 0.3) is 5.56 Å². The molecule has 0 saturated heterocycles. The van der Waals surface area contributed by atoms with Crippen molar-refractivity contribution in [3.63, 3.8) is 0 Å². The summed E-state index contributed by atoms with van der Waals surface area (Å²) >= 11 is 1.59. The lowest BCUT2D eigenvalue weighted by atomic mass is 10.2. The lowest BCUT2D eigenvalue weighted by Crippen LogP contribution is -2.24. The van der Waals surface area contributed by atoms with E-state index in [1.807, 2.05) is 24.4 Å². The molecule has 2 aromatic heterocycles. The van der Waals surface area contributed by atoms with Crippen molar-refractivity contribution in [2.45, 2.75) is 19.5 Å². The first kappa shape index (κ1) is 11.0. The van der Waals surface area contributed by atoms with Gasteiger partial charge in [-0.1, -0.05) is 6.07 Å². The third kappa shape index (κ3) is 2.05. The molecule has 0 aromatic carbocycles. The molecule has 0 spiro atoms. The van der Waals surface area contributed by atoms with Gasteiger partial charge < -0.3 is 5.73 Å². The Bertz CT molecular complexity index is 518. The minimum Gasteiger partial charge on any atom is -0.318 e. The average Bonchev–Trinajstić information content (AvgIpc) is 2.82. The van der Waals surface area contributed by atoms with Gasteiger partial charge in [-0.15, -0.1) is 11.3 Å². The Kier molecular flexibility index (Phi) is 3.17. The van der Waals surface area contributed by atoms with Crippen LogP contribution in [0.4, 0.5) is 0 Å². The minimum absolute atomic E-state index is 0.0929. The van der Waals surface area contributed by atoms with Crippen molar-refractivity contribution >= 4 is 11.3 Å². The van der Waals surface area contributed by atoms with E-state index < -0.39 is 0 Å². The number of thiophene rings is 1. The van der Waals surface area contributed by atoms with E-state index in [2.05, 4.69) is 5.10 Å². The first-order chi connectivity index (χ1) is 7.72. The van der Waals surface area contributed by atoms with Crippen molar-refractivity contribution in [1.29, 1.82) is 0 Å². The molecule has 0 aliphatic heterocycles. The third-order valence-electron chi connectivity index (χ3n) is 2.36. The molecule has 0 aliphatic rings. The highest BCUT2D eigenvalue weighted by atomic mass is 32.1. The van der Waals surface area contributed by atoms with Gasteiger partial charge in [-0.05, 0) is 24.4 Å². The first-order valence-corrected chi connectivity index (χ1v) is 5.97. The Hall–Kier alpha value is -1.46. The second-order valence-electron chi connectivity index (χ2n) is 3.41. The first-order valence-electron chi connectivity index (χ1n) is 5.09. The Morgan fingerprint density at radius 1 is 1.50 bits per heavy atom. The molecular formula is C11H13N3OS. The molecule has 2 aromatic rings. The third-order valence-corrected chi connectivity index (χ3v) is 3.31. The van der Waals surface area contributed by atoms with Gasteiger partial charge in [0, 0.05) is 17.5 Å². The number of aryl methyl sites for hydroxylation is 1. The number of nitrogens with zero attached hydrogens (tertiary/aromatic N) is 2. The van der Waals surface area contributed by atoms with Gasteiger partial charge >= 0.3 is 0 Å². The minimum atomic E-state index is -0.251. The molecule has 1 unspecified atom stereocenters. The van der Waals surface area contributed by atoms with E-state index in [4.69, 9.17) is 5.73 Å². The van der Waals surface area contributed by atoms with Crippen LogP contribution in [-0.4, -0.2) is 9.78 Å². The molecule has 1 atom stereocenters. The summed E-state index contributed by atoms with van der Waals surface area (Å²) in [6, 6.07) is 6.88. The van der Waals surface area contributed by atoms with Crippen LogP contribution in [0, 0.1) is 0 Å². The predicted octanol–water partition coefficient (Wildman–Crippen LogP) is 1.37. The molecule has 0 fully saturated rings. The highest BCUT2D eigenvalue weighted by Crippen LogP contribution is 2.21. The summed E-state index contributed by atoms with van der Waals surface area (Å²) in [5.74, 6) is 0. The van der Waals surface area contributed by atoms with Gasteiger partial charge in [0.1, 0.15) is 0 Å². The Labute approximate surface area is 97.3 Å². The van der Waals surface area contributed by atoms with Crippen molar-refractivity contribution < 1.29 is 0 Å². The van der Waals surface area contributed by atoms with E-state index >= 15 is 0 Å². The molecule has 16 heavy (non-hydrogen) atoms. The highest BCUT2D eigenvalue weighted by Gasteiger charge is 2.12. The quantitative estimate of drug-likeness (QED) is 0.874. The summed E-state index contributed by atoms with van der Waals surface area (Å²) < 4.78 is 1.42.